The third-order valence-corrected chi connectivity index (χ3v) is 11.5. The summed E-state index contributed by atoms with van der Waals surface area (Å²) < 4.78 is 5.92. The van der Waals surface area contributed by atoms with Gasteiger partial charge in [-0.1, -0.05) is 65.5 Å². The number of nitrogens with zero attached hydrogens (tertiary/aromatic N) is 1. The fourth-order valence-corrected chi connectivity index (χ4v) is 9.39. The smallest absolute Gasteiger partial charge is 0.320 e. The van der Waals surface area contributed by atoms with Crippen molar-refractivity contribution < 1.29 is 9.53 Å². The van der Waals surface area contributed by atoms with E-state index in [1.807, 2.05) is 0 Å². The average molecular weight is 470 g/mol. The van der Waals surface area contributed by atoms with Crippen molar-refractivity contribution >= 4 is 5.97 Å². The molecule has 0 unspecified atom stereocenters. The normalized spacial score (nSPS) is 42.4. The monoisotopic (exact) mass is 469 g/mol. The van der Waals surface area contributed by atoms with Crippen molar-refractivity contribution in [2.75, 3.05) is 19.6 Å². The molecule has 34 heavy (non-hydrogen) atoms. The number of rotatable bonds is 8. The van der Waals surface area contributed by atoms with Crippen LogP contribution in [0.2, 0.25) is 0 Å². The highest BCUT2D eigenvalue weighted by molar-refractivity contribution is 5.72. The summed E-state index contributed by atoms with van der Waals surface area (Å²) in [5, 5.41) is 0. The highest BCUT2D eigenvalue weighted by Gasteiger charge is 2.59. The van der Waals surface area contributed by atoms with E-state index >= 15 is 0 Å². The first kappa shape index (κ1) is 24.8. The third kappa shape index (κ3) is 4.64. The summed E-state index contributed by atoms with van der Waals surface area (Å²) in [5.74, 6) is 5.29. The van der Waals surface area contributed by atoms with Crippen LogP contribution in [0, 0.1) is 46.3 Å². The lowest BCUT2D eigenvalue weighted by molar-refractivity contribution is -0.151. The Labute approximate surface area is 209 Å². The number of hydrogen-bond donors (Lipinski definition) is 0. The minimum Gasteiger partial charge on any atom is -0.461 e. The molecule has 192 valence electrons. The lowest BCUT2D eigenvalue weighted by Crippen LogP contribution is -2.51. The van der Waals surface area contributed by atoms with Crippen LogP contribution in [0.15, 0.2) is 11.6 Å². The lowest BCUT2D eigenvalue weighted by atomic mass is 9.47. The van der Waals surface area contributed by atoms with E-state index in [2.05, 4.69) is 45.6 Å². The summed E-state index contributed by atoms with van der Waals surface area (Å²) in [7, 11) is 0. The largest absolute Gasteiger partial charge is 0.461 e. The van der Waals surface area contributed by atoms with Gasteiger partial charge in [0.25, 0.3) is 0 Å². The maximum Gasteiger partial charge on any atom is 0.320 e. The number of carbonyl (C=O) groups excluding carboxylic acids is 1. The minimum atomic E-state index is -0.00617. The van der Waals surface area contributed by atoms with E-state index in [1.165, 1.54) is 57.8 Å². The molecule has 0 aromatic carbocycles. The van der Waals surface area contributed by atoms with Crippen molar-refractivity contribution in [1.29, 1.82) is 0 Å². The number of ether oxygens (including phenoxy) is 1. The Morgan fingerprint density at radius 2 is 1.85 bits per heavy atom. The Morgan fingerprint density at radius 1 is 1.06 bits per heavy atom. The van der Waals surface area contributed by atoms with Crippen molar-refractivity contribution in [3.63, 3.8) is 0 Å². The molecular weight excluding hydrogens is 418 g/mol. The second-order valence-electron chi connectivity index (χ2n) is 13.9. The van der Waals surface area contributed by atoms with E-state index < -0.39 is 0 Å². The van der Waals surface area contributed by atoms with Crippen LogP contribution in [0.5, 0.6) is 0 Å². The number of carbonyl (C=O) groups is 1. The van der Waals surface area contributed by atoms with Gasteiger partial charge in [-0.2, -0.15) is 0 Å². The quantitative estimate of drug-likeness (QED) is 0.213. The summed E-state index contributed by atoms with van der Waals surface area (Å²) in [4.78, 5) is 14.4. The molecule has 0 aromatic heterocycles. The fraction of sp³-hybridized carbons (Fsp3) is 0.903. The average Bonchev–Trinajstić information content (AvgIpc) is 3.51. The molecule has 5 aliphatic rings. The van der Waals surface area contributed by atoms with Gasteiger partial charge in [-0.3, -0.25) is 9.69 Å². The Balaban J connectivity index is 1.24. The summed E-state index contributed by atoms with van der Waals surface area (Å²) >= 11 is 0. The summed E-state index contributed by atoms with van der Waals surface area (Å²) in [5.41, 5.74) is 2.53. The highest BCUT2D eigenvalue weighted by atomic mass is 16.5. The highest BCUT2D eigenvalue weighted by Crippen LogP contribution is 2.67. The maximum absolute atomic E-state index is 12.3. The number of allylic oxidation sites excluding steroid dienone is 1. The second-order valence-corrected chi connectivity index (χ2v) is 13.9. The molecule has 8 atom stereocenters. The van der Waals surface area contributed by atoms with Gasteiger partial charge in [-0.15, -0.1) is 0 Å². The molecule has 3 nitrogen and oxygen atoms in total. The number of fused-ring (bicyclic) bond motifs is 5. The topological polar surface area (TPSA) is 29.3 Å². The van der Waals surface area contributed by atoms with Crippen molar-refractivity contribution in [2.45, 2.75) is 111 Å². The predicted molar refractivity (Wildman–Crippen MR) is 139 cm³/mol. The Bertz CT molecular complexity index is 784. The zero-order valence-electron chi connectivity index (χ0n) is 22.8. The molecule has 0 spiro atoms. The Hall–Kier alpha value is -0.830. The molecule has 4 fully saturated rings. The summed E-state index contributed by atoms with van der Waals surface area (Å²) in [6.07, 6.45) is 17.3. The molecule has 0 amide bonds. The molecule has 1 aliphatic heterocycles. The van der Waals surface area contributed by atoms with Crippen molar-refractivity contribution in [3.05, 3.63) is 11.6 Å². The fourth-order valence-electron chi connectivity index (χ4n) is 9.39. The lowest BCUT2D eigenvalue weighted by Gasteiger charge is -2.58. The molecule has 3 saturated carbocycles. The first-order valence-electron chi connectivity index (χ1n) is 14.8. The predicted octanol–water partition coefficient (Wildman–Crippen LogP) is 7.26. The van der Waals surface area contributed by atoms with Gasteiger partial charge in [0.1, 0.15) is 6.10 Å². The first-order chi connectivity index (χ1) is 16.2. The van der Waals surface area contributed by atoms with Crippen LogP contribution in [-0.2, 0) is 9.53 Å². The maximum atomic E-state index is 12.3. The van der Waals surface area contributed by atoms with Gasteiger partial charge in [0.05, 0.1) is 6.54 Å². The molecule has 0 N–H and O–H groups in total. The molecule has 0 aromatic rings. The standard InChI is InChI=1S/C31H51NO2/c1-21(2)7-6-8-22(3)26-11-12-27-25-10-9-23-19-24(34-29(33)20-32-17-18-32)13-15-30(23,4)28(25)14-16-31(26,27)5/h9,21-22,24-28H,6-8,10-20H2,1-5H3/t22-,24-,25-,26+,27-,28-,30-,31+/m0/s1. The number of hydrogen-bond acceptors (Lipinski definition) is 3. The van der Waals surface area contributed by atoms with Crippen LogP contribution in [0.4, 0.5) is 0 Å². The summed E-state index contributed by atoms with van der Waals surface area (Å²) in [6.45, 7) is 15.2. The number of esters is 1. The van der Waals surface area contributed by atoms with Gasteiger partial charge < -0.3 is 4.74 Å². The molecule has 4 aliphatic carbocycles. The van der Waals surface area contributed by atoms with E-state index in [0.29, 0.717) is 17.4 Å². The second kappa shape index (κ2) is 9.56. The zero-order valence-corrected chi connectivity index (χ0v) is 22.8. The SMILES string of the molecule is CC(C)CCC[C@H](C)[C@H]1CC[C@H]2[C@@H]3CC=C4C[C@@H](OC(=O)CN5CC5)CC[C@]4(C)[C@H]3CC[C@]12C. The first-order valence-corrected chi connectivity index (χ1v) is 14.8. The van der Waals surface area contributed by atoms with Crippen LogP contribution in [0.1, 0.15) is 105 Å². The van der Waals surface area contributed by atoms with Gasteiger partial charge >= 0.3 is 5.97 Å². The van der Waals surface area contributed by atoms with Gasteiger partial charge in [-0.05, 0) is 91.3 Å². The third-order valence-electron chi connectivity index (χ3n) is 11.5. The molecule has 0 bridgehead atoms. The van der Waals surface area contributed by atoms with Crippen LogP contribution < -0.4 is 0 Å². The van der Waals surface area contributed by atoms with E-state index in [9.17, 15) is 4.79 Å². The Kier molecular flexibility index (Phi) is 6.99. The van der Waals surface area contributed by atoms with Gasteiger partial charge in [0.15, 0.2) is 0 Å². The molecule has 5 rings (SSSR count). The van der Waals surface area contributed by atoms with Crippen LogP contribution in [0.25, 0.3) is 0 Å². The summed E-state index contributed by atoms with van der Waals surface area (Å²) in [6, 6.07) is 0. The van der Waals surface area contributed by atoms with Crippen molar-refractivity contribution in [3.8, 4) is 0 Å². The van der Waals surface area contributed by atoms with Gasteiger partial charge in [0.2, 0.25) is 0 Å². The van der Waals surface area contributed by atoms with E-state index in [0.717, 1.165) is 61.4 Å². The van der Waals surface area contributed by atoms with E-state index in [1.54, 1.807) is 5.57 Å². The zero-order chi connectivity index (χ0) is 24.1. The molecule has 3 heteroatoms. The van der Waals surface area contributed by atoms with Crippen molar-refractivity contribution in [1.82, 2.24) is 4.90 Å². The minimum absolute atomic E-state index is 0.00617. The van der Waals surface area contributed by atoms with Crippen LogP contribution >= 0.6 is 0 Å². The van der Waals surface area contributed by atoms with E-state index in [-0.39, 0.29) is 12.1 Å². The van der Waals surface area contributed by atoms with Crippen molar-refractivity contribution in [2.24, 2.45) is 46.3 Å². The molecule has 0 radical (unpaired) electrons. The van der Waals surface area contributed by atoms with Gasteiger partial charge in [0, 0.05) is 19.5 Å². The van der Waals surface area contributed by atoms with Gasteiger partial charge in [-0.25, -0.2) is 0 Å². The molecule has 1 saturated heterocycles. The van der Waals surface area contributed by atoms with Crippen LogP contribution in [0.3, 0.4) is 0 Å². The van der Waals surface area contributed by atoms with E-state index in [4.69, 9.17) is 4.74 Å². The Morgan fingerprint density at radius 3 is 2.59 bits per heavy atom. The molecular formula is C31H51NO2. The van der Waals surface area contributed by atoms with Crippen LogP contribution in [-0.4, -0.2) is 36.6 Å². The molecule has 1 heterocycles.